The Kier molecular flexibility index (Phi) is 4.52. The van der Waals surface area contributed by atoms with E-state index in [9.17, 15) is 9.18 Å². The molecule has 0 atom stereocenters. The van der Waals surface area contributed by atoms with Gasteiger partial charge in [0.15, 0.2) is 5.70 Å². The number of methoxy groups -OCH3 is 1. The van der Waals surface area contributed by atoms with E-state index < -0.39 is 5.97 Å². The number of carbonyl (C=O) groups is 1. The number of para-hydroxylation sites is 1. The highest BCUT2D eigenvalue weighted by Crippen LogP contribution is 2.20. The fraction of sp³-hybridized carbons (Fsp3) is 0.0526. The van der Waals surface area contributed by atoms with Gasteiger partial charge in [-0.05, 0) is 35.9 Å². The number of hydrogen-bond donors (Lipinski definition) is 0. The summed E-state index contributed by atoms with van der Waals surface area (Å²) in [5, 5.41) is 0. The van der Waals surface area contributed by atoms with Crippen LogP contribution >= 0.6 is 0 Å². The van der Waals surface area contributed by atoms with Crippen molar-refractivity contribution in [2.24, 2.45) is 4.99 Å². The predicted octanol–water partition coefficient (Wildman–Crippen LogP) is 3.84. The van der Waals surface area contributed by atoms with Crippen LogP contribution in [-0.4, -0.2) is 19.0 Å². The molecule has 1 aliphatic rings. The van der Waals surface area contributed by atoms with E-state index >= 15 is 0 Å². The number of carbonyl (C=O) groups excluding carboxylic acids is 1. The number of ether oxygens (including phenoxy) is 2. The summed E-state index contributed by atoms with van der Waals surface area (Å²) in [7, 11) is 1.58. The van der Waals surface area contributed by atoms with Gasteiger partial charge in [-0.3, -0.25) is 0 Å². The second-order valence-corrected chi connectivity index (χ2v) is 5.00. The third kappa shape index (κ3) is 3.57. The van der Waals surface area contributed by atoms with Crippen LogP contribution in [0.3, 0.4) is 0 Å². The van der Waals surface area contributed by atoms with E-state index in [1.54, 1.807) is 31.4 Å². The second-order valence-electron chi connectivity index (χ2n) is 5.00. The molecule has 1 heterocycles. The van der Waals surface area contributed by atoms with Gasteiger partial charge in [0.2, 0.25) is 5.90 Å². The maximum absolute atomic E-state index is 13.2. The van der Waals surface area contributed by atoms with E-state index in [0.717, 1.165) is 5.56 Å². The van der Waals surface area contributed by atoms with E-state index in [1.165, 1.54) is 18.2 Å². The van der Waals surface area contributed by atoms with Gasteiger partial charge in [-0.25, -0.2) is 14.2 Å². The summed E-state index contributed by atoms with van der Waals surface area (Å²) in [6.07, 6.45) is 4.81. The molecule has 0 saturated carbocycles. The lowest BCUT2D eigenvalue weighted by Crippen LogP contribution is -2.01. The summed E-state index contributed by atoms with van der Waals surface area (Å²) in [6, 6.07) is 13.3. The number of nitrogens with zero attached hydrogens (tertiary/aromatic N) is 1. The second kappa shape index (κ2) is 6.91. The molecule has 2 aromatic carbocycles. The summed E-state index contributed by atoms with van der Waals surface area (Å²) in [5.74, 6) is -0.0716. The van der Waals surface area contributed by atoms with Crippen molar-refractivity contribution in [3.05, 3.63) is 77.2 Å². The lowest BCUT2D eigenvalue weighted by molar-refractivity contribution is -0.129. The van der Waals surface area contributed by atoms with Crippen LogP contribution in [0.25, 0.3) is 12.2 Å². The molecule has 1 aliphatic heterocycles. The predicted molar refractivity (Wildman–Crippen MR) is 89.9 cm³/mol. The number of aliphatic imine (C=N–C) groups is 1. The molecule has 3 rings (SSSR count). The third-order valence-electron chi connectivity index (χ3n) is 3.33. The molecule has 0 fully saturated rings. The van der Waals surface area contributed by atoms with Crippen LogP contribution < -0.4 is 4.74 Å². The lowest BCUT2D eigenvalue weighted by atomic mass is 10.2. The highest BCUT2D eigenvalue weighted by Gasteiger charge is 2.21. The monoisotopic (exact) mass is 323 g/mol. The Bertz CT molecular complexity index is 868. The van der Waals surface area contributed by atoms with Crippen LogP contribution in [-0.2, 0) is 9.53 Å². The minimum atomic E-state index is -0.570. The topological polar surface area (TPSA) is 47.9 Å². The van der Waals surface area contributed by atoms with Gasteiger partial charge in [0.1, 0.15) is 11.6 Å². The van der Waals surface area contributed by atoms with Gasteiger partial charge >= 0.3 is 5.97 Å². The van der Waals surface area contributed by atoms with Crippen molar-refractivity contribution >= 4 is 24.0 Å². The smallest absolute Gasteiger partial charge is 0.363 e. The molecule has 0 bridgehead atoms. The minimum Gasteiger partial charge on any atom is -0.496 e. The molecule has 0 unspecified atom stereocenters. The van der Waals surface area contributed by atoms with Gasteiger partial charge < -0.3 is 9.47 Å². The molecule has 0 spiro atoms. The molecule has 24 heavy (non-hydrogen) atoms. The molecule has 2 aromatic rings. The normalized spacial score (nSPS) is 15.7. The van der Waals surface area contributed by atoms with Gasteiger partial charge in [-0.1, -0.05) is 30.3 Å². The SMILES string of the molecule is COc1ccccc1/C=C/C1=NC(=C\c2cccc(F)c2)/C(=O)O1. The molecule has 0 amide bonds. The molecule has 0 saturated heterocycles. The molecule has 0 aromatic heterocycles. The maximum atomic E-state index is 13.2. The van der Waals surface area contributed by atoms with Gasteiger partial charge in [0.25, 0.3) is 0 Å². The average Bonchev–Trinajstić information content (AvgIpc) is 2.93. The highest BCUT2D eigenvalue weighted by atomic mass is 19.1. The van der Waals surface area contributed by atoms with Crippen LogP contribution in [0.5, 0.6) is 5.75 Å². The average molecular weight is 323 g/mol. The van der Waals surface area contributed by atoms with Crippen molar-refractivity contribution in [2.45, 2.75) is 0 Å². The van der Waals surface area contributed by atoms with Crippen molar-refractivity contribution in [2.75, 3.05) is 7.11 Å². The van der Waals surface area contributed by atoms with Crippen molar-refractivity contribution in [3.63, 3.8) is 0 Å². The van der Waals surface area contributed by atoms with Crippen LogP contribution in [0.4, 0.5) is 4.39 Å². The summed E-state index contributed by atoms with van der Waals surface area (Å²) >= 11 is 0. The molecule has 0 radical (unpaired) electrons. The summed E-state index contributed by atoms with van der Waals surface area (Å²) in [4.78, 5) is 16.0. The zero-order valence-corrected chi connectivity index (χ0v) is 12.9. The summed E-state index contributed by atoms with van der Waals surface area (Å²) in [5.41, 5.74) is 1.50. The Hall–Kier alpha value is -3.21. The Morgan fingerprint density at radius 2 is 1.96 bits per heavy atom. The van der Waals surface area contributed by atoms with Crippen molar-refractivity contribution < 1.29 is 18.7 Å². The molecule has 120 valence electrons. The number of esters is 1. The number of benzene rings is 2. The molecular formula is C19H14FNO3. The van der Waals surface area contributed by atoms with E-state index in [0.29, 0.717) is 11.3 Å². The van der Waals surface area contributed by atoms with Gasteiger partial charge in [0.05, 0.1) is 7.11 Å². The Balaban J connectivity index is 1.83. The van der Waals surface area contributed by atoms with Crippen LogP contribution in [0.1, 0.15) is 11.1 Å². The largest absolute Gasteiger partial charge is 0.496 e. The molecule has 5 heteroatoms. The Morgan fingerprint density at radius 3 is 2.75 bits per heavy atom. The van der Waals surface area contributed by atoms with E-state index in [2.05, 4.69) is 4.99 Å². The van der Waals surface area contributed by atoms with Crippen molar-refractivity contribution in [1.29, 1.82) is 0 Å². The fourth-order valence-corrected chi connectivity index (χ4v) is 2.22. The standard InChI is InChI=1S/C19H14FNO3/c1-23-17-8-3-2-6-14(17)9-10-18-21-16(19(22)24-18)12-13-5-4-7-15(20)11-13/h2-12H,1H3/b10-9+,16-12-. The minimum absolute atomic E-state index is 0.125. The van der Waals surface area contributed by atoms with Crippen LogP contribution in [0.15, 0.2) is 65.3 Å². The lowest BCUT2D eigenvalue weighted by Gasteiger charge is -2.02. The first-order valence-corrected chi connectivity index (χ1v) is 7.25. The zero-order valence-electron chi connectivity index (χ0n) is 12.9. The number of rotatable bonds is 4. The highest BCUT2D eigenvalue weighted by molar-refractivity contribution is 6.11. The van der Waals surface area contributed by atoms with Gasteiger partial charge in [-0.2, -0.15) is 0 Å². The first-order chi connectivity index (χ1) is 11.7. The first-order valence-electron chi connectivity index (χ1n) is 7.25. The maximum Gasteiger partial charge on any atom is 0.363 e. The van der Waals surface area contributed by atoms with E-state index in [1.807, 2.05) is 24.3 Å². The third-order valence-corrected chi connectivity index (χ3v) is 3.33. The van der Waals surface area contributed by atoms with E-state index in [4.69, 9.17) is 9.47 Å². The molecule has 0 aliphatic carbocycles. The zero-order chi connectivity index (χ0) is 16.9. The van der Waals surface area contributed by atoms with E-state index in [-0.39, 0.29) is 17.4 Å². The van der Waals surface area contributed by atoms with Gasteiger partial charge in [0, 0.05) is 11.6 Å². The Labute approximate surface area is 138 Å². The molecule has 0 N–H and O–H groups in total. The Morgan fingerprint density at radius 1 is 1.12 bits per heavy atom. The summed E-state index contributed by atoms with van der Waals surface area (Å²) < 4.78 is 23.5. The number of hydrogen-bond acceptors (Lipinski definition) is 4. The fourth-order valence-electron chi connectivity index (χ4n) is 2.22. The first kappa shape index (κ1) is 15.7. The molecular weight excluding hydrogens is 309 g/mol. The van der Waals surface area contributed by atoms with Crippen LogP contribution in [0, 0.1) is 5.82 Å². The van der Waals surface area contributed by atoms with Crippen molar-refractivity contribution in [1.82, 2.24) is 0 Å². The number of halogens is 1. The number of cyclic esters (lactones) is 1. The van der Waals surface area contributed by atoms with Gasteiger partial charge in [-0.15, -0.1) is 0 Å². The summed E-state index contributed by atoms with van der Waals surface area (Å²) in [6.45, 7) is 0. The molecule has 4 nitrogen and oxygen atoms in total. The quantitative estimate of drug-likeness (QED) is 0.634. The van der Waals surface area contributed by atoms with Crippen molar-refractivity contribution in [3.8, 4) is 5.75 Å². The van der Waals surface area contributed by atoms with Crippen LogP contribution in [0.2, 0.25) is 0 Å².